The highest BCUT2D eigenvalue weighted by Gasteiger charge is 2.27. The van der Waals surface area contributed by atoms with Gasteiger partial charge in [0, 0.05) is 33.7 Å². The van der Waals surface area contributed by atoms with Crippen LogP contribution in [0.4, 0.5) is 0 Å². The second-order valence-corrected chi connectivity index (χ2v) is 18.2. The first kappa shape index (κ1) is 36.9. The number of rotatable bonds is 5. The van der Waals surface area contributed by atoms with Gasteiger partial charge >= 0.3 is 0 Å². The fourth-order valence-corrected chi connectivity index (χ4v) is 7.71. The minimum absolute atomic E-state index is 0.0955. The van der Waals surface area contributed by atoms with Crippen LogP contribution in [0.15, 0.2) is 140 Å². The zero-order valence-corrected chi connectivity index (χ0v) is 34.1. The van der Waals surface area contributed by atoms with Crippen LogP contribution in [0, 0.1) is 0 Å². The van der Waals surface area contributed by atoms with E-state index in [0.717, 1.165) is 78.0 Å². The lowest BCUT2D eigenvalue weighted by molar-refractivity contribution is 0.446. The van der Waals surface area contributed by atoms with E-state index in [0.29, 0.717) is 0 Å². The number of hydrogen-bond acceptors (Lipinski definition) is 3. The van der Waals surface area contributed by atoms with Gasteiger partial charge in [0.15, 0.2) is 0 Å². The molecule has 0 unspecified atom stereocenters. The fourth-order valence-electron chi connectivity index (χ4n) is 7.71. The van der Waals surface area contributed by atoms with E-state index < -0.39 is 0 Å². The van der Waals surface area contributed by atoms with Gasteiger partial charge < -0.3 is 5.11 Å². The van der Waals surface area contributed by atoms with Gasteiger partial charge in [-0.2, -0.15) is 0 Å². The number of aromatic nitrogens is 3. The van der Waals surface area contributed by atoms with E-state index in [9.17, 15) is 5.11 Å². The van der Waals surface area contributed by atoms with Gasteiger partial charge in [-0.25, -0.2) is 4.98 Å². The molecule has 3 heterocycles. The minimum atomic E-state index is -0.273. The lowest BCUT2D eigenvalue weighted by Gasteiger charge is -2.27. The molecule has 0 radical (unpaired) electrons. The Bertz CT molecular complexity index is 2730. The topological polar surface area (TPSA) is 50.9 Å². The average Bonchev–Trinajstić information content (AvgIpc) is 3.51. The number of para-hydroxylation sites is 1. The molecule has 0 aliphatic carbocycles. The predicted octanol–water partition coefficient (Wildman–Crippen LogP) is 13.8. The van der Waals surface area contributed by atoms with E-state index in [1.165, 1.54) is 11.1 Å². The van der Waals surface area contributed by atoms with Gasteiger partial charge in [0.05, 0.1) is 22.4 Å². The molecule has 5 aromatic carbocycles. The number of fused-ring (bicyclic) bond motifs is 3. The van der Waals surface area contributed by atoms with Crippen LogP contribution >= 0.6 is 0 Å². The molecule has 0 aliphatic rings. The highest BCUT2D eigenvalue weighted by Crippen LogP contribution is 2.43. The van der Waals surface area contributed by atoms with Crippen molar-refractivity contribution in [1.82, 2.24) is 14.5 Å². The maximum atomic E-state index is 12.1. The summed E-state index contributed by atoms with van der Waals surface area (Å²) < 4.78 is 2.27. The summed E-state index contributed by atoms with van der Waals surface area (Å²) in [5.74, 6) is 1.06. The fraction of sp³-hybridized carbons (Fsp3) is 0.231. The Hall–Kier alpha value is -6.00. The molecule has 8 rings (SSSR count). The van der Waals surface area contributed by atoms with Gasteiger partial charge in [-0.3, -0.25) is 9.55 Å². The van der Waals surface area contributed by atoms with Gasteiger partial charge in [0.25, 0.3) is 0 Å². The van der Waals surface area contributed by atoms with Gasteiger partial charge in [-0.15, -0.1) is 0 Å². The predicted molar refractivity (Wildman–Crippen MR) is 236 cm³/mol. The highest BCUT2D eigenvalue weighted by molar-refractivity contribution is 6.10. The first-order chi connectivity index (χ1) is 26.6. The Morgan fingerprint density at radius 1 is 0.464 bits per heavy atom. The van der Waals surface area contributed by atoms with Crippen molar-refractivity contribution < 1.29 is 5.11 Å². The van der Waals surface area contributed by atoms with Gasteiger partial charge in [-0.1, -0.05) is 153 Å². The molecule has 4 nitrogen and oxygen atoms in total. The summed E-state index contributed by atoms with van der Waals surface area (Å²) in [6, 6.07) is 47.4. The van der Waals surface area contributed by atoms with Crippen LogP contribution in [0.25, 0.3) is 72.4 Å². The quantitative estimate of drug-likeness (QED) is 0.192. The lowest BCUT2D eigenvalue weighted by Crippen LogP contribution is -2.17. The summed E-state index contributed by atoms with van der Waals surface area (Å²) in [4.78, 5) is 10.3. The highest BCUT2D eigenvalue weighted by atomic mass is 16.3. The number of aromatic hydroxyl groups is 1. The number of phenolic OH excluding ortho intramolecular Hbond substituents is 1. The third-order valence-electron chi connectivity index (χ3n) is 11.0. The largest absolute Gasteiger partial charge is 0.507 e. The van der Waals surface area contributed by atoms with Crippen molar-refractivity contribution in [3.05, 3.63) is 156 Å². The molecule has 0 saturated heterocycles. The van der Waals surface area contributed by atoms with Crippen LogP contribution in [0.1, 0.15) is 79.0 Å². The van der Waals surface area contributed by atoms with Gasteiger partial charge in [0.1, 0.15) is 11.6 Å². The van der Waals surface area contributed by atoms with Crippen LogP contribution in [0.5, 0.6) is 5.75 Å². The third-order valence-corrected chi connectivity index (χ3v) is 11.0. The van der Waals surface area contributed by atoms with E-state index in [4.69, 9.17) is 9.97 Å². The normalized spacial score (nSPS) is 12.4. The molecule has 0 amide bonds. The van der Waals surface area contributed by atoms with E-state index in [-0.39, 0.29) is 22.0 Å². The van der Waals surface area contributed by atoms with E-state index in [1.54, 1.807) is 0 Å². The molecule has 280 valence electrons. The maximum absolute atomic E-state index is 12.1. The second kappa shape index (κ2) is 13.6. The standard InChI is InChI=1S/C52H51N3O/c1-50(2,3)38-22-19-34(20-23-38)35-25-26-53-44(27-35)36-21-24-41-40-17-13-14-18-46(40)55(47(41)29-36)48-30-37(33-15-11-10-12-16-33)28-45(54-48)42-31-39(51(4,5)6)32-43(49(42)56)52(7,8)9/h10-32,56H,1-9H3. The zero-order chi connectivity index (χ0) is 39.6. The second-order valence-electron chi connectivity index (χ2n) is 18.2. The van der Waals surface area contributed by atoms with Crippen LogP contribution in [0.3, 0.4) is 0 Å². The molecule has 0 bridgehead atoms. The van der Waals surface area contributed by atoms with Crippen molar-refractivity contribution in [1.29, 1.82) is 0 Å². The van der Waals surface area contributed by atoms with E-state index in [1.807, 2.05) is 12.3 Å². The average molecular weight is 734 g/mol. The first-order valence-corrected chi connectivity index (χ1v) is 19.6. The smallest absolute Gasteiger partial charge is 0.138 e. The Labute approximate surface area is 331 Å². The van der Waals surface area contributed by atoms with Gasteiger partial charge in [-0.05, 0) is 92.1 Å². The van der Waals surface area contributed by atoms with Crippen molar-refractivity contribution >= 4 is 21.8 Å². The van der Waals surface area contributed by atoms with Crippen molar-refractivity contribution in [2.75, 3.05) is 0 Å². The SMILES string of the molecule is CC(C)(C)c1ccc(-c2ccnc(-c3ccc4c5ccccc5n(-c5cc(-c6ccccc6)cc(-c6cc(C(C)(C)C)cc(C(C)(C)C)c6O)n5)c4c3)c2)cc1. The van der Waals surface area contributed by atoms with Crippen molar-refractivity contribution in [2.24, 2.45) is 0 Å². The van der Waals surface area contributed by atoms with Crippen molar-refractivity contribution in [3.63, 3.8) is 0 Å². The van der Waals surface area contributed by atoms with Gasteiger partial charge in [0.2, 0.25) is 0 Å². The van der Waals surface area contributed by atoms with Crippen LogP contribution in [-0.4, -0.2) is 19.6 Å². The van der Waals surface area contributed by atoms with Crippen molar-refractivity contribution in [2.45, 2.75) is 78.6 Å². The Balaban J connectivity index is 1.35. The molecule has 4 heteroatoms. The summed E-state index contributed by atoms with van der Waals surface area (Å²) in [7, 11) is 0. The number of nitrogens with zero attached hydrogens (tertiary/aromatic N) is 3. The number of pyridine rings is 2. The summed E-state index contributed by atoms with van der Waals surface area (Å²) in [6.45, 7) is 19.8. The third kappa shape index (κ3) is 6.90. The summed E-state index contributed by atoms with van der Waals surface area (Å²) >= 11 is 0. The molecule has 0 atom stereocenters. The Morgan fingerprint density at radius 3 is 1.79 bits per heavy atom. The molecule has 56 heavy (non-hydrogen) atoms. The molecule has 8 aromatic rings. The van der Waals surface area contributed by atoms with E-state index in [2.05, 4.69) is 194 Å². The zero-order valence-electron chi connectivity index (χ0n) is 34.1. The molecular formula is C52H51N3O. The van der Waals surface area contributed by atoms with Crippen LogP contribution < -0.4 is 0 Å². The molecule has 0 spiro atoms. The molecule has 0 aliphatic heterocycles. The number of benzene rings is 5. The van der Waals surface area contributed by atoms with Crippen LogP contribution in [-0.2, 0) is 16.2 Å². The first-order valence-electron chi connectivity index (χ1n) is 19.6. The lowest BCUT2D eigenvalue weighted by atomic mass is 9.78. The summed E-state index contributed by atoms with van der Waals surface area (Å²) in [6.07, 6.45) is 1.91. The molecule has 0 saturated carbocycles. The summed E-state index contributed by atoms with van der Waals surface area (Å²) in [5, 5.41) is 14.3. The van der Waals surface area contributed by atoms with Crippen LogP contribution in [0.2, 0.25) is 0 Å². The Kier molecular flexibility index (Phi) is 9.00. The number of hydrogen-bond donors (Lipinski definition) is 1. The molecule has 0 fully saturated rings. The Morgan fingerprint density at radius 2 is 1.09 bits per heavy atom. The van der Waals surface area contributed by atoms with Crippen molar-refractivity contribution in [3.8, 4) is 56.3 Å². The molecule has 3 aromatic heterocycles. The van der Waals surface area contributed by atoms with E-state index >= 15 is 0 Å². The maximum Gasteiger partial charge on any atom is 0.138 e. The monoisotopic (exact) mass is 733 g/mol. The molecule has 1 N–H and O–H groups in total. The summed E-state index contributed by atoms with van der Waals surface area (Å²) in [5.41, 5.74) is 13.0. The molecular weight excluding hydrogens is 683 g/mol. The minimum Gasteiger partial charge on any atom is -0.507 e. The number of phenols is 1.